The van der Waals surface area contributed by atoms with Gasteiger partial charge in [0.05, 0.1) is 0 Å². The first-order chi connectivity index (χ1) is 23.6. The second kappa shape index (κ2) is 12.8. The maximum atomic E-state index is 2.61. The molecule has 6 aromatic rings. The summed E-state index contributed by atoms with van der Waals surface area (Å²) in [4.78, 5) is 0. The van der Waals surface area contributed by atoms with Gasteiger partial charge in [0, 0.05) is 5.04 Å². The van der Waals surface area contributed by atoms with Crippen LogP contribution < -0.4 is 15.6 Å². The molecule has 0 bridgehead atoms. The van der Waals surface area contributed by atoms with E-state index < -0.39 is 8.07 Å². The molecule has 7 rings (SSSR count). The summed E-state index contributed by atoms with van der Waals surface area (Å²) in [6.45, 7) is 16.1. The van der Waals surface area contributed by atoms with Crippen LogP contribution in [0.1, 0.15) is 44.4 Å². The molecule has 0 aliphatic heterocycles. The van der Waals surface area contributed by atoms with Gasteiger partial charge in [-0.15, -0.1) is 0 Å². The van der Waals surface area contributed by atoms with Gasteiger partial charge in [-0.1, -0.05) is 186 Å². The Kier molecular flexibility index (Phi) is 8.51. The number of hydrogen-bond donors (Lipinski definition) is 0. The molecule has 1 aliphatic rings. The minimum atomic E-state index is -2.93. The summed E-state index contributed by atoms with van der Waals surface area (Å²) >= 11 is 0. The zero-order chi connectivity index (χ0) is 34.3. The van der Waals surface area contributed by atoms with Crippen LogP contribution in [0.2, 0.25) is 5.04 Å². The maximum Gasteiger partial charge on any atom is 0.161 e. The third-order valence-electron chi connectivity index (χ3n) is 11.2. The van der Waals surface area contributed by atoms with E-state index in [0.29, 0.717) is 0 Å². The Bertz CT molecular complexity index is 2050. The summed E-state index contributed by atoms with van der Waals surface area (Å²) in [5, 5.41) is 4.06. The van der Waals surface area contributed by atoms with Crippen LogP contribution in [0.25, 0.3) is 33.4 Å². The lowest BCUT2D eigenvalue weighted by molar-refractivity contribution is 0.870. The largest absolute Gasteiger partial charge is 0.161 e. The van der Waals surface area contributed by atoms with Crippen molar-refractivity contribution in [2.24, 2.45) is 0 Å². The molecule has 0 spiro atoms. The molecule has 0 nitrogen and oxygen atoms in total. The van der Waals surface area contributed by atoms with Gasteiger partial charge in [-0.2, -0.15) is 0 Å². The number of aryl methyl sites for hydroxylation is 3. The van der Waals surface area contributed by atoms with E-state index in [1.54, 1.807) is 0 Å². The van der Waals surface area contributed by atoms with Gasteiger partial charge < -0.3 is 0 Å². The fourth-order valence-corrected chi connectivity index (χ4v) is 14.5. The second-order valence-electron chi connectivity index (χ2n) is 14.4. The Morgan fingerprint density at radius 2 is 0.694 bits per heavy atom. The number of benzene rings is 6. The van der Waals surface area contributed by atoms with Crippen LogP contribution >= 0.6 is 0 Å². The quantitative estimate of drug-likeness (QED) is 0.119. The van der Waals surface area contributed by atoms with Gasteiger partial charge >= 0.3 is 0 Å². The Morgan fingerprint density at radius 1 is 0.388 bits per heavy atom. The fourth-order valence-electron chi connectivity index (χ4n) is 8.39. The highest BCUT2D eigenvalue weighted by atomic mass is 28.3. The van der Waals surface area contributed by atoms with Crippen LogP contribution in [0.15, 0.2) is 168 Å². The summed E-state index contributed by atoms with van der Waals surface area (Å²) in [5.74, 6) is 0. The zero-order valence-corrected chi connectivity index (χ0v) is 30.9. The first-order valence-electron chi connectivity index (χ1n) is 17.5. The van der Waals surface area contributed by atoms with E-state index >= 15 is 0 Å². The fraction of sp³-hybridized carbons (Fsp3) is 0.167. The van der Waals surface area contributed by atoms with Gasteiger partial charge in [-0.25, -0.2) is 0 Å². The Hall–Kier alpha value is -4.98. The predicted molar refractivity (Wildman–Crippen MR) is 215 cm³/mol. The minimum Gasteiger partial charge on any atom is -0.0730 e. The molecule has 1 heteroatoms. The second-order valence-corrected chi connectivity index (χ2v) is 18.7. The SMILES string of the molecule is CC1=CC(C)([Si](c2cccc(-c3cccc(C)c3)c2)(c2cccc(-c3cccc(C)c3)c2)c2cccc(-c3cccc(C)c3)c2)C(C)=C1C. The average molecular weight is 651 g/mol. The number of rotatable bonds is 7. The van der Waals surface area contributed by atoms with E-state index in [4.69, 9.17) is 0 Å². The first-order valence-corrected chi connectivity index (χ1v) is 19.5. The molecular weight excluding hydrogens is 605 g/mol. The van der Waals surface area contributed by atoms with E-state index in [9.17, 15) is 0 Å². The van der Waals surface area contributed by atoms with Crippen molar-refractivity contribution in [1.29, 1.82) is 0 Å². The Morgan fingerprint density at radius 3 is 0.980 bits per heavy atom. The molecule has 49 heavy (non-hydrogen) atoms. The zero-order valence-electron chi connectivity index (χ0n) is 29.9. The molecule has 0 radical (unpaired) electrons. The summed E-state index contributed by atoms with van der Waals surface area (Å²) in [5.41, 5.74) is 15.7. The average Bonchev–Trinajstić information content (AvgIpc) is 3.31. The van der Waals surface area contributed by atoms with E-state index in [2.05, 4.69) is 200 Å². The van der Waals surface area contributed by atoms with Crippen LogP contribution in [0.3, 0.4) is 0 Å². The van der Waals surface area contributed by atoms with Crippen LogP contribution in [-0.2, 0) is 0 Å². The van der Waals surface area contributed by atoms with Crippen LogP contribution in [0, 0.1) is 20.8 Å². The van der Waals surface area contributed by atoms with Crippen molar-refractivity contribution in [3.63, 3.8) is 0 Å². The van der Waals surface area contributed by atoms with Gasteiger partial charge in [-0.05, 0) is 96.1 Å². The summed E-state index contributed by atoms with van der Waals surface area (Å²) in [6.07, 6.45) is 2.61. The summed E-state index contributed by atoms with van der Waals surface area (Å²) in [6, 6.07) is 55.4. The Labute approximate surface area is 294 Å². The van der Waals surface area contributed by atoms with Crippen LogP contribution in [0.4, 0.5) is 0 Å². The molecule has 0 N–H and O–H groups in total. The molecule has 0 saturated heterocycles. The lowest BCUT2D eigenvalue weighted by Gasteiger charge is -2.47. The molecule has 0 amide bonds. The van der Waals surface area contributed by atoms with Gasteiger partial charge in [0.2, 0.25) is 0 Å². The van der Waals surface area contributed by atoms with Crippen LogP contribution in [0.5, 0.6) is 0 Å². The molecule has 242 valence electrons. The van der Waals surface area contributed by atoms with Crippen molar-refractivity contribution in [1.82, 2.24) is 0 Å². The highest BCUT2D eigenvalue weighted by Crippen LogP contribution is 2.53. The molecule has 0 saturated carbocycles. The molecule has 1 aliphatic carbocycles. The van der Waals surface area contributed by atoms with Crippen LogP contribution in [-0.4, -0.2) is 8.07 Å². The summed E-state index contributed by atoms with van der Waals surface area (Å²) in [7, 11) is -2.93. The van der Waals surface area contributed by atoms with Crippen molar-refractivity contribution in [2.45, 2.75) is 53.5 Å². The topological polar surface area (TPSA) is 0 Å². The Balaban J connectivity index is 1.61. The van der Waals surface area contributed by atoms with Gasteiger partial charge in [-0.3, -0.25) is 0 Å². The lowest BCUT2D eigenvalue weighted by Crippen LogP contribution is -2.73. The molecule has 1 unspecified atom stereocenters. The predicted octanol–water partition coefficient (Wildman–Crippen LogP) is 11.1. The third-order valence-corrected chi connectivity index (χ3v) is 16.8. The normalized spacial score (nSPS) is 16.2. The molecular formula is C48H46Si. The lowest BCUT2D eigenvalue weighted by atomic mass is 10.0. The monoisotopic (exact) mass is 650 g/mol. The van der Waals surface area contributed by atoms with Gasteiger partial charge in [0.15, 0.2) is 8.07 Å². The molecule has 1 atom stereocenters. The van der Waals surface area contributed by atoms with Crippen molar-refractivity contribution < 1.29 is 0 Å². The highest BCUT2D eigenvalue weighted by Gasteiger charge is 2.56. The van der Waals surface area contributed by atoms with E-state index in [-0.39, 0.29) is 5.04 Å². The summed E-state index contributed by atoms with van der Waals surface area (Å²) < 4.78 is 0. The van der Waals surface area contributed by atoms with Crippen molar-refractivity contribution >= 4 is 23.6 Å². The van der Waals surface area contributed by atoms with E-state index in [1.807, 2.05) is 0 Å². The molecule has 0 fully saturated rings. The maximum absolute atomic E-state index is 2.93. The van der Waals surface area contributed by atoms with Crippen molar-refractivity contribution in [3.8, 4) is 33.4 Å². The van der Waals surface area contributed by atoms with Crippen molar-refractivity contribution in [3.05, 3.63) is 185 Å². The van der Waals surface area contributed by atoms with Crippen molar-refractivity contribution in [2.75, 3.05) is 0 Å². The van der Waals surface area contributed by atoms with Gasteiger partial charge in [0.25, 0.3) is 0 Å². The molecule has 0 heterocycles. The highest BCUT2D eigenvalue weighted by molar-refractivity contribution is 7.14. The third kappa shape index (κ3) is 5.67. The first kappa shape index (κ1) is 32.6. The van der Waals surface area contributed by atoms with Gasteiger partial charge in [0.1, 0.15) is 0 Å². The minimum absolute atomic E-state index is 0.219. The number of allylic oxidation sites excluding steroid dienone is 4. The van der Waals surface area contributed by atoms with E-state index in [1.165, 1.54) is 82.4 Å². The molecule has 6 aromatic carbocycles. The standard InChI is InChI=1S/C48H46Si/c1-33-14-8-17-39(26-33)42-20-11-23-45(29-42)49(48(7)32-36(4)37(5)38(48)6,46-24-12-21-43(30-46)40-18-9-15-34(2)27-40)47-25-13-22-44(31-47)41-19-10-16-35(3)28-41/h8-32H,1-7H3. The van der Waals surface area contributed by atoms with E-state index in [0.717, 1.165) is 0 Å². The number of hydrogen-bond acceptors (Lipinski definition) is 0. The smallest absolute Gasteiger partial charge is 0.0730 e. The molecule has 0 aromatic heterocycles.